The van der Waals surface area contributed by atoms with Crippen molar-refractivity contribution < 1.29 is 14.6 Å². The van der Waals surface area contributed by atoms with Crippen molar-refractivity contribution in [3.05, 3.63) is 67.1 Å². The van der Waals surface area contributed by atoms with Crippen LogP contribution in [-0.2, 0) is 11.2 Å². The van der Waals surface area contributed by atoms with Gasteiger partial charge in [0.1, 0.15) is 11.6 Å². The third kappa shape index (κ3) is 4.96. The van der Waals surface area contributed by atoms with E-state index in [4.69, 9.17) is 9.84 Å². The highest BCUT2D eigenvalue weighted by molar-refractivity contribution is 9.10. The van der Waals surface area contributed by atoms with E-state index in [1.165, 1.54) is 11.6 Å². The van der Waals surface area contributed by atoms with Crippen LogP contribution >= 0.6 is 31.9 Å². The molecule has 3 aromatic rings. The molecule has 1 aromatic heterocycles. The Morgan fingerprint density at radius 3 is 2.73 bits per heavy atom. The number of ether oxygens (including phenoxy) is 1. The molecule has 0 spiro atoms. The maximum atomic E-state index is 13.0. The van der Waals surface area contributed by atoms with Gasteiger partial charge in [0.05, 0.1) is 21.6 Å². The average Bonchev–Trinajstić information content (AvgIpc) is 2.70. The summed E-state index contributed by atoms with van der Waals surface area (Å²) in [5.74, 6) is -0.0585. The van der Waals surface area contributed by atoms with Gasteiger partial charge < -0.3 is 9.84 Å². The number of carbonyl (C=O) groups is 1. The number of carboxylic acids is 1. The van der Waals surface area contributed by atoms with E-state index in [0.717, 1.165) is 10.9 Å². The molecule has 30 heavy (non-hydrogen) atoms. The Morgan fingerprint density at radius 2 is 2.07 bits per heavy atom. The molecule has 3 rings (SSSR count). The van der Waals surface area contributed by atoms with E-state index in [2.05, 4.69) is 41.9 Å². The van der Waals surface area contributed by atoms with Crippen molar-refractivity contribution in [2.75, 3.05) is 0 Å². The van der Waals surface area contributed by atoms with E-state index < -0.39 is 12.1 Å². The van der Waals surface area contributed by atoms with Crippen LogP contribution in [0.1, 0.15) is 31.7 Å². The van der Waals surface area contributed by atoms with E-state index in [-0.39, 0.29) is 5.56 Å². The van der Waals surface area contributed by atoms with Gasteiger partial charge in [-0.25, -0.2) is 9.78 Å². The number of hydrogen-bond acceptors (Lipinski definition) is 5. The predicted octanol–water partition coefficient (Wildman–Crippen LogP) is 4.61. The Hall–Kier alpha value is -2.52. The van der Waals surface area contributed by atoms with Crippen molar-refractivity contribution in [2.24, 2.45) is 5.10 Å². The molecule has 0 unspecified atom stereocenters. The highest BCUT2D eigenvalue weighted by Crippen LogP contribution is 2.26. The zero-order chi connectivity index (χ0) is 21.8. The summed E-state index contributed by atoms with van der Waals surface area (Å²) in [5, 5.41) is 13.8. The van der Waals surface area contributed by atoms with E-state index in [9.17, 15) is 9.59 Å². The van der Waals surface area contributed by atoms with Gasteiger partial charge >= 0.3 is 5.97 Å². The van der Waals surface area contributed by atoms with Crippen LogP contribution in [0.3, 0.4) is 0 Å². The Balaban J connectivity index is 1.98. The van der Waals surface area contributed by atoms with Gasteiger partial charge in [-0.3, -0.25) is 4.79 Å². The second-order valence-corrected chi connectivity index (χ2v) is 8.36. The Kier molecular flexibility index (Phi) is 7.04. The maximum Gasteiger partial charge on any atom is 0.344 e. The molecule has 0 fully saturated rings. The summed E-state index contributed by atoms with van der Waals surface area (Å²) in [6, 6.07) is 10.5. The zero-order valence-electron chi connectivity index (χ0n) is 16.3. The Labute approximate surface area is 189 Å². The van der Waals surface area contributed by atoms with Gasteiger partial charge in [0.2, 0.25) is 0 Å². The molecule has 2 aromatic carbocycles. The van der Waals surface area contributed by atoms with Crippen molar-refractivity contribution in [1.82, 2.24) is 9.66 Å². The standard InChI is InChI=1S/C21H19Br2N3O4/c1-3-4-19-25-17-7-6-14(22)10-15(17)20(27)26(19)24-11-13-5-8-18(16(23)9-13)30-12(2)21(28)29/h5-12H,3-4H2,1-2H3,(H,28,29)/t12-/m1/s1. The van der Waals surface area contributed by atoms with E-state index >= 15 is 0 Å². The molecule has 0 aliphatic carbocycles. The minimum Gasteiger partial charge on any atom is -0.479 e. The number of aryl methyl sites for hydroxylation is 1. The first-order valence-corrected chi connectivity index (χ1v) is 10.8. The minimum absolute atomic E-state index is 0.240. The number of rotatable bonds is 7. The van der Waals surface area contributed by atoms with Crippen LogP contribution in [0.25, 0.3) is 10.9 Å². The summed E-state index contributed by atoms with van der Waals surface area (Å²) < 4.78 is 8.09. The number of benzene rings is 2. The number of hydrogen-bond donors (Lipinski definition) is 1. The average molecular weight is 537 g/mol. The molecule has 0 radical (unpaired) electrons. The molecule has 9 heteroatoms. The summed E-state index contributed by atoms with van der Waals surface area (Å²) in [6.07, 6.45) is 2.02. The van der Waals surface area contributed by atoms with E-state index in [1.54, 1.807) is 30.5 Å². The molecule has 0 aliphatic rings. The molecular formula is C21H19Br2N3O4. The lowest BCUT2D eigenvalue weighted by atomic mass is 10.2. The van der Waals surface area contributed by atoms with Crippen LogP contribution in [-0.4, -0.2) is 33.1 Å². The van der Waals surface area contributed by atoms with E-state index in [0.29, 0.717) is 38.9 Å². The van der Waals surface area contributed by atoms with Crippen LogP contribution in [0.2, 0.25) is 0 Å². The van der Waals surface area contributed by atoms with Crippen molar-refractivity contribution in [3.63, 3.8) is 0 Å². The molecular weight excluding hydrogens is 518 g/mol. The molecule has 156 valence electrons. The topological polar surface area (TPSA) is 93.8 Å². The number of aromatic nitrogens is 2. The van der Waals surface area contributed by atoms with Crippen molar-refractivity contribution in [3.8, 4) is 5.75 Å². The predicted molar refractivity (Wildman–Crippen MR) is 123 cm³/mol. The van der Waals surface area contributed by atoms with Gasteiger partial charge in [-0.15, -0.1) is 0 Å². The SMILES string of the molecule is CCCc1nc2ccc(Br)cc2c(=O)n1N=Cc1ccc(O[C@H](C)C(=O)O)c(Br)c1. The second kappa shape index (κ2) is 9.53. The molecule has 1 atom stereocenters. The maximum absolute atomic E-state index is 13.0. The van der Waals surface area contributed by atoms with Crippen LogP contribution in [0.15, 0.2) is 55.2 Å². The summed E-state index contributed by atoms with van der Waals surface area (Å²) in [7, 11) is 0. The highest BCUT2D eigenvalue weighted by Gasteiger charge is 2.14. The third-order valence-electron chi connectivity index (χ3n) is 4.28. The molecule has 0 bridgehead atoms. The van der Waals surface area contributed by atoms with E-state index in [1.807, 2.05) is 19.1 Å². The summed E-state index contributed by atoms with van der Waals surface area (Å²) in [5.41, 5.74) is 1.10. The van der Waals surface area contributed by atoms with Crippen LogP contribution < -0.4 is 10.3 Å². The molecule has 1 heterocycles. The van der Waals surface area contributed by atoms with Gasteiger partial charge in [-0.1, -0.05) is 22.9 Å². The fraction of sp³-hybridized carbons (Fsp3) is 0.238. The largest absolute Gasteiger partial charge is 0.479 e. The fourth-order valence-corrected chi connectivity index (χ4v) is 3.61. The Morgan fingerprint density at radius 1 is 1.30 bits per heavy atom. The zero-order valence-corrected chi connectivity index (χ0v) is 19.5. The van der Waals surface area contributed by atoms with Crippen molar-refractivity contribution in [1.29, 1.82) is 0 Å². The molecule has 0 amide bonds. The smallest absolute Gasteiger partial charge is 0.344 e. The minimum atomic E-state index is -1.05. The van der Waals surface area contributed by atoms with Gasteiger partial charge in [-0.05, 0) is 71.2 Å². The fourth-order valence-electron chi connectivity index (χ4n) is 2.76. The van der Waals surface area contributed by atoms with Gasteiger partial charge in [0, 0.05) is 10.9 Å². The molecule has 0 saturated carbocycles. The lowest BCUT2D eigenvalue weighted by Crippen LogP contribution is -2.23. The first-order valence-electron chi connectivity index (χ1n) is 9.24. The van der Waals surface area contributed by atoms with Crippen LogP contribution in [0.5, 0.6) is 5.75 Å². The summed E-state index contributed by atoms with van der Waals surface area (Å²) in [4.78, 5) is 28.6. The normalized spacial score (nSPS) is 12.4. The first-order chi connectivity index (χ1) is 14.3. The number of nitrogens with zero attached hydrogens (tertiary/aromatic N) is 3. The first kappa shape index (κ1) is 22.2. The van der Waals surface area contributed by atoms with Gasteiger partial charge in [0.25, 0.3) is 5.56 Å². The van der Waals surface area contributed by atoms with Crippen molar-refractivity contribution >= 4 is 54.9 Å². The molecule has 0 saturated heterocycles. The monoisotopic (exact) mass is 535 g/mol. The van der Waals surface area contributed by atoms with Crippen molar-refractivity contribution in [2.45, 2.75) is 32.8 Å². The quantitative estimate of drug-likeness (QED) is 0.445. The lowest BCUT2D eigenvalue weighted by Gasteiger charge is -2.12. The summed E-state index contributed by atoms with van der Waals surface area (Å²) in [6.45, 7) is 3.47. The van der Waals surface area contributed by atoms with Gasteiger partial charge in [-0.2, -0.15) is 9.78 Å². The van der Waals surface area contributed by atoms with Gasteiger partial charge in [0.15, 0.2) is 6.10 Å². The highest BCUT2D eigenvalue weighted by atomic mass is 79.9. The summed E-state index contributed by atoms with van der Waals surface area (Å²) >= 11 is 6.77. The molecule has 1 N–H and O–H groups in total. The number of carboxylic acid groups (broad SMARTS) is 1. The molecule has 0 aliphatic heterocycles. The number of fused-ring (bicyclic) bond motifs is 1. The Bertz CT molecular complexity index is 1190. The third-order valence-corrected chi connectivity index (χ3v) is 5.39. The number of halogens is 2. The van der Waals surface area contributed by atoms with Crippen LogP contribution in [0.4, 0.5) is 0 Å². The number of aliphatic carboxylic acids is 1. The lowest BCUT2D eigenvalue weighted by molar-refractivity contribution is -0.144. The molecule has 7 nitrogen and oxygen atoms in total. The second-order valence-electron chi connectivity index (χ2n) is 6.59. The van der Waals surface area contributed by atoms with Crippen LogP contribution in [0, 0.1) is 0 Å².